The Labute approximate surface area is 218 Å². The third-order valence-corrected chi connectivity index (χ3v) is 8.49. The van der Waals surface area contributed by atoms with E-state index in [1.54, 1.807) is 0 Å². The van der Waals surface area contributed by atoms with Gasteiger partial charge >= 0.3 is 5.97 Å². The summed E-state index contributed by atoms with van der Waals surface area (Å²) in [7, 11) is 0. The van der Waals surface area contributed by atoms with E-state index in [-0.39, 0.29) is 23.2 Å². The Balaban J connectivity index is 1.17. The molecule has 0 amide bonds. The van der Waals surface area contributed by atoms with Crippen LogP contribution in [0.3, 0.4) is 0 Å². The van der Waals surface area contributed by atoms with Crippen molar-refractivity contribution in [2.24, 2.45) is 17.3 Å². The quantitative estimate of drug-likeness (QED) is 0.398. The van der Waals surface area contributed by atoms with Gasteiger partial charge in [0.15, 0.2) is 0 Å². The number of aryl methyl sites for hydroxylation is 2. The summed E-state index contributed by atoms with van der Waals surface area (Å²) in [6, 6.07) is 16.8. The third-order valence-electron chi connectivity index (χ3n) is 8.49. The SMILES string of the molecule is Cc1cc(OCC2(C)COC2)cc(C)c1-c1cccc(COc2ccc3c(c2)C[C@H]2[C@H](C(=O)O)[C@@H]32)c1C. The highest BCUT2D eigenvalue weighted by Gasteiger charge is 2.59. The van der Waals surface area contributed by atoms with Crippen LogP contribution in [0.1, 0.15) is 46.2 Å². The molecule has 37 heavy (non-hydrogen) atoms. The summed E-state index contributed by atoms with van der Waals surface area (Å²) in [5, 5.41) is 9.36. The number of carboxylic acid groups (broad SMARTS) is 1. The molecule has 0 radical (unpaired) electrons. The molecule has 3 aromatic rings. The highest BCUT2D eigenvalue weighted by atomic mass is 16.5. The molecule has 6 rings (SSSR count). The van der Waals surface area contributed by atoms with Crippen LogP contribution in [0.25, 0.3) is 11.1 Å². The number of fused-ring (bicyclic) bond motifs is 3. The number of carboxylic acids is 1. The van der Waals surface area contributed by atoms with Gasteiger partial charge < -0.3 is 19.3 Å². The summed E-state index contributed by atoms with van der Waals surface area (Å²) in [6.45, 7) is 11.3. The molecule has 5 nitrogen and oxygen atoms in total. The van der Waals surface area contributed by atoms with E-state index in [1.165, 1.54) is 38.9 Å². The van der Waals surface area contributed by atoms with E-state index in [2.05, 4.69) is 70.2 Å². The number of hydrogen-bond donors (Lipinski definition) is 1. The maximum atomic E-state index is 11.4. The van der Waals surface area contributed by atoms with Crippen LogP contribution in [0.2, 0.25) is 0 Å². The first-order valence-electron chi connectivity index (χ1n) is 13.1. The number of hydrogen-bond acceptors (Lipinski definition) is 4. The predicted octanol–water partition coefficient (Wildman–Crippen LogP) is 6.24. The molecule has 2 aliphatic carbocycles. The molecule has 3 aromatic carbocycles. The van der Waals surface area contributed by atoms with Gasteiger partial charge in [-0.2, -0.15) is 0 Å². The number of ether oxygens (including phenoxy) is 3. The lowest BCUT2D eigenvalue weighted by Crippen LogP contribution is -2.44. The summed E-state index contributed by atoms with van der Waals surface area (Å²) in [5.74, 6) is 1.35. The van der Waals surface area contributed by atoms with E-state index in [0.29, 0.717) is 13.2 Å². The standard InChI is InChI=1S/C32H34O5/c1-18-10-24(37-17-32(4)15-35-16-32)11-19(2)28(18)25-7-5-6-21(20(25)3)14-36-23-8-9-26-22(12-23)13-27-29(26)30(27)31(33)34/h5-12,27,29-30H,13-17H2,1-4H3,(H,33,34)/t27-,29+,30+/m1/s1. The minimum Gasteiger partial charge on any atom is -0.493 e. The van der Waals surface area contributed by atoms with Crippen molar-refractivity contribution in [3.63, 3.8) is 0 Å². The summed E-state index contributed by atoms with van der Waals surface area (Å²) in [5.41, 5.74) is 9.78. The molecule has 0 bridgehead atoms. The van der Waals surface area contributed by atoms with E-state index < -0.39 is 5.97 Å². The molecule has 1 aliphatic heterocycles. The Bertz CT molecular complexity index is 1360. The second kappa shape index (κ2) is 8.91. The molecule has 1 N–H and O–H groups in total. The van der Waals surface area contributed by atoms with Gasteiger partial charge in [0.1, 0.15) is 18.1 Å². The van der Waals surface area contributed by atoms with Crippen molar-refractivity contribution < 1.29 is 24.1 Å². The third kappa shape index (κ3) is 4.29. The van der Waals surface area contributed by atoms with Gasteiger partial charge in [-0.3, -0.25) is 4.79 Å². The minimum absolute atomic E-state index is 0.117. The van der Waals surface area contributed by atoms with Gasteiger partial charge in [-0.15, -0.1) is 0 Å². The monoisotopic (exact) mass is 498 g/mol. The van der Waals surface area contributed by atoms with E-state index in [0.717, 1.165) is 36.7 Å². The molecule has 1 saturated heterocycles. The van der Waals surface area contributed by atoms with E-state index >= 15 is 0 Å². The van der Waals surface area contributed by atoms with Crippen LogP contribution in [0, 0.1) is 38.0 Å². The second-order valence-electron chi connectivity index (χ2n) is 11.5. The topological polar surface area (TPSA) is 65.0 Å². The maximum Gasteiger partial charge on any atom is 0.307 e. The highest BCUT2D eigenvalue weighted by molar-refractivity contribution is 5.78. The van der Waals surface area contributed by atoms with Crippen molar-refractivity contribution in [3.05, 3.63) is 81.9 Å². The van der Waals surface area contributed by atoms with Gasteiger partial charge in [-0.1, -0.05) is 31.2 Å². The highest BCUT2D eigenvalue weighted by Crippen LogP contribution is 2.61. The fraction of sp³-hybridized carbons (Fsp3) is 0.406. The van der Waals surface area contributed by atoms with Gasteiger partial charge in [0, 0.05) is 11.3 Å². The van der Waals surface area contributed by atoms with Crippen molar-refractivity contribution in [2.75, 3.05) is 19.8 Å². The van der Waals surface area contributed by atoms with Gasteiger partial charge in [-0.05, 0) is 102 Å². The average Bonchev–Trinajstić information content (AvgIpc) is 3.44. The molecule has 1 heterocycles. The van der Waals surface area contributed by atoms with Crippen molar-refractivity contribution in [1.29, 1.82) is 0 Å². The molecular weight excluding hydrogens is 464 g/mol. The first kappa shape index (κ1) is 24.1. The lowest BCUT2D eigenvalue weighted by molar-refractivity contribution is -0.139. The number of carbonyl (C=O) groups is 1. The Hall–Kier alpha value is -3.31. The zero-order chi connectivity index (χ0) is 25.9. The van der Waals surface area contributed by atoms with Crippen molar-refractivity contribution >= 4 is 5.97 Å². The fourth-order valence-corrected chi connectivity index (χ4v) is 6.31. The van der Waals surface area contributed by atoms with E-state index in [1.807, 2.05) is 6.07 Å². The Morgan fingerprint density at radius 2 is 1.78 bits per heavy atom. The molecule has 5 heteroatoms. The van der Waals surface area contributed by atoms with Crippen LogP contribution in [0.15, 0.2) is 48.5 Å². The predicted molar refractivity (Wildman–Crippen MR) is 142 cm³/mol. The van der Waals surface area contributed by atoms with Crippen molar-refractivity contribution in [3.8, 4) is 22.6 Å². The molecule has 1 saturated carbocycles. The lowest BCUT2D eigenvalue weighted by atomic mass is 9.89. The number of rotatable bonds is 8. The summed E-state index contributed by atoms with van der Waals surface area (Å²) < 4.78 is 17.7. The lowest BCUT2D eigenvalue weighted by Gasteiger charge is -2.37. The van der Waals surface area contributed by atoms with Gasteiger partial charge in [0.05, 0.1) is 25.7 Å². The summed E-state index contributed by atoms with van der Waals surface area (Å²) in [6.07, 6.45) is 0.841. The van der Waals surface area contributed by atoms with Crippen LogP contribution >= 0.6 is 0 Å². The summed E-state index contributed by atoms with van der Waals surface area (Å²) >= 11 is 0. The Morgan fingerprint density at radius 3 is 2.46 bits per heavy atom. The molecule has 3 aliphatic rings. The smallest absolute Gasteiger partial charge is 0.307 e. The molecular formula is C32H34O5. The van der Waals surface area contributed by atoms with Crippen LogP contribution in [0.4, 0.5) is 0 Å². The summed E-state index contributed by atoms with van der Waals surface area (Å²) in [4.78, 5) is 11.4. The minimum atomic E-state index is -0.665. The van der Waals surface area contributed by atoms with E-state index in [9.17, 15) is 9.90 Å². The fourth-order valence-electron chi connectivity index (χ4n) is 6.31. The molecule has 0 unspecified atom stereocenters. The first-order valence-corrected chi connectivity index (χ1v) is 13.1. The zero-order valence-electron chi connectivity index (χ0n) is 22.0. The average molecular weight is 499 g/mol. The van der Waals surface area contributed by atoms with Gasteiger partial charge in [0.2, 0.25) is 0 Å². The van der Waals surface area contributed by atoms with Crippen LogP contribution in [-0.2, 0) is 22.6 Å². The maximum absolute atomic E-state index is 11.4. The molecule has 3 atom stereocenters. The molecule has 192 valence electrons. The van der Waals surface area contributed by atoms with Gasteiger partial charge in [0.25, 0.3) is 0 Å². The molecule has 2 fully saturated rings. The number of benzene rings is 3. The molecule has 0 aromatic heterocycles. The zero-order valence-corrected chi connectivity index (χ0v) is 22.0. The van der Waals surface area contributed by atoms with Crippen molar-refractivity contribution in [2.45, 2.75) is 46.6 Å². The Kier molecular flexibility index (Phi) is 5.79. The number of aliphatic carboxylic acids is 1. The Morgan fingerprint density at radius 1 is 1.03 bits per heavy atom. The second-order valence-corrected chi connectivity index (χ2v) is 11.5. The molecule has 0 spiro atoms. The largest absolute Gasteiger partial charge is 0.493 e. The van der Waals surface area contributed by atoms with Crippen LogP contribution in [0.5, 0.6) is 11.5 Å². The van der Waals surface area contributed by atoms with Crippen LogP contribution in [-0.4, -0.2) is 30.9 Å². The van der Waals surface area contributed by atoms with Crippen molar-refractivity contribution in [1.82, 2.24) is 0 Å². The normalized spacial score (nSPS) is 22.5. The first-order chi connectivity index (χ1) is 17.7. The van der Waals surface area contributed by atoms with E-state index in [4.69, 9.17) is 14.2 Å². The van der Waals surface area contributed by atoms with Gasteiger partial charge in [-0.25, -0.2) is 0 Å². The van der Waals surface area contributed by atoms with Crippen LogP contribution < -0.4 is 9.47 Å².